The third-order valence-electron chi connectivity index (χ3n) is 2.28. The first-order valence-electron chi connectivity index (χ1n) is 5.41. The summed E-state index contributed by atoms with van der Waals surface area (Å²) in [5, 5.41) is 7.58. The summed E-state index contributed by atoms with van der Waals surface area (Å²) >= 11 is 7.99. The Balaban J connectivity index is 2.18. The first-order chi connectivity index (χ1) is 9.74. The minimum absolute atomic E-state index is 0.265. The van der Waals surface area contributed by atoms with Gasteiger partial charge in [-0.15, -0.1) is 11.3 Å². The molecule has 0 aliphatic rings. The molecule has 6 nitrogen and oxygen atoms in total. The zero-order valence-corrected chi connectivity index (χ0v) is 15.1. The molecule has 0 bridgehead atoms. The molecule has 1 aromatic heterocycles. The third-order valence-corrected chi connectivity index (χ3v) is 5.14. The van der Waals surface area contributed by atoms with Gasteiger partial charge in [-0.25, -0.2) is 5.14 Å². The second-order valence-corrected chi connectivity index (χ2v) is 8.96. The molecular weight excluding hydrogens is 446 g/mol. The minimum Gasteiger partial charge on any atom is -0.322 e. The number of thiophene rings is 1. The normalized spacial score (nSPS) is 11.2. The molecule has 0 aliphatic heterocycles. The summed E-state index contributed by atoms with van der Waals surface area (Å²) in [6.07, 6.45) is 0. The van der Waals surface area contributed by atoms with Gasteiger partial charge in [0.05, 0.1) is 18.8 Å². The third kappa shape index (κ3) is 4.78. The second-order valence-electron chi connectivity index (χ2n) is 3.92. The molecule has 0 unspecified atom stereocenters. The van der Waals surface area contributed by atoms with E-state index >= 15 is 0 Å². The largest absolute Gasteiger partial charge is 0.322 e. The van der Waals surface area contributed by atoms with Crippen molar-refractivity contribution < 1.29 is 13.2 Å². The minimum atomic E-state index is -3.85. The summed E-state index contributed by atoms with van der Waals surface area (Å²) < 4.78 is 25.6. The van der Waals surface area contributed by atoms with Gasteiger partial charge in [-0.3, -0.25) is 9.52 Å². The van der Waals surface area contributed by atoms with Crippen LogP contribution in [0.5, 0.6) is 0 Å². The molecule has 10 heteroatoms. The molecule has 0 fully saturated rings. The van der Waals surface area contributed by atoms with E-state index in [2.05, 4.69) is 41.9 Å². The summed E-state index contributed by atoms with van der Waals surface area (Å²) in [6.45, 7) is 0. The molecule has 0 aliphatic carbocycles. The molecule has 1 heterocycles. The van der Waals surface area contributed by atoms with Crippen molar-refractivity contribution in [2.45, 2.75) is 0 Å². The number of hydrogen-bond acceptors (Lipinski definition) is 4. The zero-order valence-electron chi connectivity index (χ0n) is 10.3. The molecule has 0 radical (unpaired) electrons. The van der Waals surface area contributed by atoms with Crippen LogP contribution in [0.1, 0.15) is 10.4 Å². The van der Waals surface area contributed by atoms with Gasteiger partial charge >= 0.3 is 0 Å². The van der Waals surface area contributed by atoms with Crippen molar-refractivity contribution >= 4 is 70.7 Å². The van der Waals surface area contributed by atoms with Crippen LogP contribution < -0.4 is 15.2 Å². The van der Waals surface area contributed by atoms with E-state index in [1.807, 2.05) is 0 Å². The van der Waals surface area contributed by atoms with Crippen molar-refractivity contribution in [1.82, 2.24) is 0 Å². The van der Waals surface area contributed by atoms with Gasteiger partial charge in [0.15, 0.2) is 0 Å². The summed E-state index contributed by atoms with van der Waals surface area (Å²) in [7, 11) is -3.85. The smallest absolute Gasteiger partial charge is 0.296 e. The average Bonchev–Trinajstić information content (AvgIpc) is 2.66. The van der Waals surface area contributed by atoms with Crippen LogP contribution >= 0.6 is 43.2 Å². The maximum atomic E-state index is 12.1. The van der Waals surface area contributed by atoms with Crippen LogP contribution in [-0.4, -0.2) is 14.3 Å². The predicted molar refractivity (Wildman–Crippen MR) is 90.8 cm³/mol. The monoisotopic (exact) mass is 453 g/mol. The number of halogens is 2. The molecular formula is C11H9Br2N3O3S2. The summed E-state index contributed by atoms with van der Waals surface area (Å²) in [5.41, 5.74) is 1.19. The van der Waals surface area contributed by atoms with Crippen molar-refractivity contribution in [3.63, 3.8) is 0 Å². The van der Waals surface area contributed by atoms with E-state index in [-0.39, 0.29) is 11.6 Å². The maximum Gasteiger partial charge on any atom is 0.296 e. The van der Waals surface area contributed by atoms with E-state index in [1.165, 1.54) is 23.5 Å². The van der Waals surface area contributed by atoms with Gasteiger partial charge in [0.2, 0.25) is 0 Å². The molecule has 112 valence electrons. The highest BCUT2D eigenvalue weighted by Crippen LogP contribution is 2.32. The first-order valence-corrected chi connectivity index (χ1v) is 9.36. The summed E-state index contributed by atoms with van der Waals surface area (Å²) in [5.74, 6) is -0.309. The van der Waals surface area contributed by atoms with E-state index in [4.69, 9.17) is 5.14 Å². The molecule has 4 N–H and O–H groups in total. The summed E-state index contributed by atoms with van der Waals surface area (Å²) in [4.78, 5) is 12.1. The lowest BCUT2D eigenvalue weighted by Gasteiger charge is -2.07. The van der Waals surface area contributed by atoms with Crippen LogP contribution in [0.3, 0.4) is 0 Å². The van der Waals surface area contributed by atoms with Gasteiger partial charge in [-0.05, 0) is 56.1 Å². The van der Waals surface area contributed by atoms with Gasteiger partial charge < -0.3 is 5.32 Å². The molecule has 21 heavy (non-hydrogen) atoms. The second kappa shape index (κ2) is 6.44. The number of hydrogen-bond donors (Lipinski definition) is 3. The molecule has 0 saturated carbocycles. The number of amides is 1. The standard InChI is InChI=1S/C11H9Br2N3O3S2/c12-9-5-8(10(13)20-9)11(17)15-6-2-1-3-7(4-6)16-21(14,18)19/h1-5,16H,(H,15,17)(H2,14,18,19). The van der Waals surface area contributed by atoms with E-state index in [1.54, 1.807) is 18.2 Å². The van der Waals surface area contributed by atoms with Gasteiger partial charge in [-0.1, -0.05) is 6.07 Å². The van der Waals surface area contributed by atoms with Crippen LogP contribution in [0.2, 0.25) is 0 Å². The number of carbonyl (C=O) groups is 1. The van der Waals surface area contributed by atoms with Crippen molar-refractivity contribution in [2.75, 3.05) is 10.0 Å². The van der Waals surface area contributed by atoms with Crippen molar-refractivity contribution in [3.8, 4) is 0 Å². The van der Waals surface area contributed by atoms with Gasteiger partial charge in [0.1, 0.15) is 0 Å². The fraction of sp³-hybridized carbons (Fsp3) is 0. The Hall–Kier alpha value is -0.940. The molecule has 2 rings (SSSR count). The quantitative estimate of drug-likeness (QED) is 0.661. The number of rotatable bonds is 4. The predicted octanol–water partition coefficient (Wildman–Crippen LogP) is 3.14. The Labute approximate surface area is 142 Å². The van der Waals surface area contributed by atoms with E-state index in [0.717, 1.165) is 3.79 Å². The average molecular weight is 455 g/mol. The molecule has 0 spiro atoms. The van der Waals surface area contributed by atoms with Crippen LogP contribution in [0.4, 0.5) is 11.4 Å². The lowest BCUT2D eigenvalue weighted by Crippen LogP contribution is -2.21. The van der Waals surface area contributed by atoms with Crippen LogP contribution in [0.15, 0.2) is 37.9 Å². The highest BCUT2D eigenvalue weighted by atomic mass is 79.9. The lowest BCUT2D eigenvalue weighted by molar-refractivity contribution is 0.102. The Kier molecular flexibility index (Phi) is 5.04. The molecule has 0 saturated heterocycles. The summed E-state index contributed by atoms with van der Waals surface area (Å²) in [6, 6.07) is 7.93. The van der Waals surface area contributed by atoms with Crippen LogP contribution in [0, 0.1) is 0 Å². The highest BCUT2D eigenvalue weighted by Gasteiger charge is 2.14. The zero-order chi connectivity index (χ0) is 15.6. The Bertz CT molecular complexity index is 790. The van der Waals surface area contributed by atoms with Crippen molar-refractivity contribution in [1.29, 1.82) is 0 Å². The topological polar surface area (TPSA) is 101 Å². The van der Waals surface area contributed by atoms with Gasteiger partial charge in [0.25, 0.3) is 16.1 Å². The van der Waals surface area contributed by atoms with Crippen LogP contribution in [0.25, 0.3) is 0 Å². The number of nitrogens with one attached hydrogen (secondary N) is 2. The Morgan fingerprint density at radius 3 is 2.43 bits per heavy atom. The lowest BCUT2D eigenvalue weighted by atomic mass is 10.2. The highest BCUT2D eigenvalue weighted by molar-refractivity contribution is 9.12. The number of benzene rings is 1. The number of carbonyl (C=O) groups excluding carboxylic acids is 1. The van der Waals surface area contributed by atoms with E-state index in [9.17, 15) is 13.2 Å². The molecule has 2 aromatic rings. The number of anilines is 2. The van der Waals surface area contributed by atoms with Gasteiger partial charge in [0, 0.05) is 5.69 Å². The van der Waals surface area contributed by atoms with Crippen LogP contribution in [-0.2, 0) is 10.2 Å². The first kappa shape index (κ1) is 16.4. The molecule has 1 amide bonds. The fourth-order valence-corrected chi connectivity index (χ4v) is 4.77. The SMILES string of the molecule is NS(=O)(=O)Nc1cccc(NC(=O)c2cc(Br)sc2Br)c1. The van der Waals surface area contributed by atoms with Crippen molar-refractivity contribution in [3.05, 3.63) is 43.5 Å². The molecule has 1 aromatic carbocycles. The Morgan fingerprint density at radius 1 is 1.19 bits per heavy atom. The molecule has 0 atom stereocenters. The van der Waals surface area contributed by atoms with Gasteiger partial charge in [-0.2, -0.15) is 8.42 Å². The fourth-order valence-electron chi connectivity index (χ4n) is 1.52. The van der Waals surface area contributed by atoms with E-state index < -0.39 is 10.2 Å². The van der Waals surface area contributed by atoms with E-state index in [0.29, 0.717) is 15.0 Å². The number of nitrogens with two attached hydrogens (primary N) is 1. The Morgan fingerprint density at radius 2 is 1.86 bits per heavy atom. The maximum absolute atomic E-state index is 12.1. The van der Waals surface area contributed by atoms with Crippen molar-refractivity contribution in [2.24, 2.45) is 5.14 Å².